The van der Waals surface area contributed by atoms with E-state index in [0.29, 0.717) is 11.3 Å². The SMILES string of the molecule is CC(C)(C)[C@H](N)C(=O)c1ccc(NC(=O)OCc2ccccc2)cc1.Cl. The van der Waals surface area contributed by atoms with Gasteiger partial charge in [0.1, 0.15) is 6.61 Å². The lowest BCUT2D eigenvalue weighted by Gasteiger charge is -2.25. The van der Waals surface area contributed by atoms with E-state index < -0.39 is 12.1 Å². The van der Waals surface area contributed by atoms with Gasteiger partial charge in [-0.3, -0.25) is 10.1 Å². The number of amides is 1. The van der Waals surface area contributed by atoms with Crippen LogP contribution in [-0.4, -0.2) is 17.9 Å². The van der Waals surface area contributed by atoms with Gasteiger partial charge in [0.05, 0.1) is 6.04 Å². The molecule has 0 bridgehead atoms. The van der Waals surface area contributed by atoms with Crippen molar-refractivity contribution < 1.29 is 14.3 Å². The Bertz CT molecular complexity index is 725. The van der Waals surface area contributed by atoms with Gasteiger partial charge in [-0.05, 0) is 35.2 Å². The van der Waals surface area contributed by atoms with E-state index >= 15 is 0 Å². The smallest absolute Gasteiger partial charge is 0.411 e. The highest BCUT2D eigenvalue weighted by molar-refractivity contribution is 6.01. The molecule has 0 aliphatic heterocycles. The summed E-state index contributed by atoms with van der Waals surface area (Å²) < 4.78 is 5.16. The van der Waals surface area contributed by atoms with Crippen LogP contribution in [0.3, 0.4) is 0 Å². The Labute approximate surface area is 160 Å². The summed E-state index contributed by atoms with van der Waals surface area (Å²) in [6, 6.07) is 15.5. The number of anilines is 1. The number of nitrogens with one attached hydrogen (secondary N) is 1. The van der Waals surface area contributed by atoms with Gasteiger partial charge in [0.15, 0.2) is 5.78 Å². The van der Waals surface area contributed by atoms with Crippen LogP contribution in [0.2, 0.25) is 0 Å². The maximum atomic E-state index is 12.3. The van der Waals surface area contributed by atoms with E-state index in [1.54, 1.807) is 24.3 Å². The molecule has 26 heavy (non-hydrogen) atoms. The van der Waals surface area contributed by atoms with Gasteiger partial charge >= 0.3 is 6.09 Å². The third-order valence-corrected chi connectivity index (χ3v) is 3.84. The molecule has 2 rings (SSSR count). The molecule has 0 radical (unpaired) electrons. The predicted molar refractivity (Wildman–Crippen MR) is 106 cm³/mol. The van der Waals surface area contributed by atoms with Gasteiger partial charge in [0.2, 0.25) is 0 Å². The number of benzene rings is 2. The molecule has 140 valence electrons. The molecule has 0 heterocycles. The maximum Gasteiger partial charge on any atom is 0.411 e. The zero-order valence-electron chi connectivity index (χ0n) is 15.2. The lowest BCUT2D eigenvalue weighted by atomic mass is 9.83. The van der Waals surface area contributed by atoms with Crippen LogP contribution in [0.25, 0.3) is 0 Å². The van der Waals surface area contributed by atoms with Crippen molar-refractivity contribution in [2.45, 2.75) is 33.4 Å². The molecule has 5 nitrogen and oxygen atoms in total. The van der Waals surface area contributed by atoms with Crippen LogP contribution in [-0.2, 0) is 11.3 Å². The summed E-state index contributed by atoms with van der Waals surface area (Å²) in [6.07, 6.45) is -0.547. The second kappa shape index (κ2) is 9.36. The first-order chi connectivity index (χ1) is 11.8. The van der Waals surface area contributed by atoms with Crippen LogP contribution in [0.1, 0.15) is 36.7 Å². The molecule has 0 unspecified atom stereocenters. The van der Waals surface area contributed by atoms with Gasteiger partial charge in [-0.1, -0.05) is 51.1 Å². The van der Waals surface area contributed by atoms with E-state index in [1.165, 1.54) is 0 Å². The fourth-order valence-electron chi connectivity index (χ4n) is 2.17. The fourth-order valence-corrected chi connectivity index (χ4v) is 2.17. The Morgan fingerprint density at radius 2 is 1.62 bits per heavy atom. The number of hydrogen-bond acceptors (Lipinski definition) is 4. The summed E-state index contributed by atoms with van der Waals surface area (Å²) in [6.45, 7) is 5.97. The number of ketones is 1. The molecule has 1 amide bonds. The number of hydrogen-bond donors (Lipinski definition) is 2. The summed E-state index contributed by atoms with van der Waals surface area (Å²) in [5.74, 6) is -0.120. The molecular weight excluding hydrogens is 352 g/mol. The molecule has 2 aromatic rings. The zero-order valence-corrected chi connectivity index (χ0v) is 16.0. The third-order valence-electron chi connectivity index (χ3n) is 3.84. The average molecular weight is 377 g/mol. The Morgan fingerprint density at radius 3 is 2.15 bits per heavy atom. The number of nitrogens with two attached hydrogens (primary N) is 1. The van der Waals surface area contributed by atoms with Crippen LogP contribution < -0.4 is 11.1 Å². The molecule has 6 heteroatoms. The van der Waals surface area contributed by atoms with Crippen molar-refractivity contribution in [1.82, 2.24) is 0 Å². The largest absolute Gasteiger partial charge is 0.444 e. The summed E-state index contributed by atoms with van der Waals surface area (Å²) in [4.78, 5) is 24.2. The number of ether oxygens (including phenoxy) is 1. The molecule has 0 aromatic heterocycles. The maximum absolute atomic E-state index is 12.3. The highest BCUT2D eigenvalue weighted by Crippen LogP contribution is 2.21. The normalized spacial score (nSPS) is 11.8. The van der Waals surface area contributed by atoms with Crippen molar-refractivity contribution >= 4 is 30.0 Å². The van der Waals surface area contributed by atoms with Gasteiger partial charge in [-0.15, -0.1) is 12.4 Å². The number of halogens is 1. The summed E-state index contributed by atoms with van der Waals surface area (Å²) >= 11 is 0. The Morgan fingerprint density at radius 1 is 1.04 bits per heavy atom. The number of rotatable bonds is 5. The first-order valence-corrected chi connectivity index (χ1v) is 8.15. The Balaban J connectivity index is 0.00000338. The van der Waals surface area contributed by atoms with Crippen molar-refractivity contribution in [1.29, 1.82) is 0 Å². The second-order valence-corrected chi connectivity index (χ2v) is 6.97. The standard InChI is InChI=1S/C20H24N2O3.ClH/c1-20(2,3)18(21)17(23)15-9-11-16(12-10-15)22-19(24)25-13-14-7-5-4-6-8-14;/h4-12,18H,13,21H2,1-3H3,(H,22,24);1H/t18-;/m1./s1. The van der Waals surface area contributed by atoms with Crippen molar-refractivity contribution in [3.8, 4) is 0 Å². The summed E-state index contributed by atoms with van der Waals surface area (Å²) in [5.41, 5.74) is 7.68. The molecule has 3 N–H and O–H groups in total. The van der Waals surface area contributed by atoms with E-state index in [4.69, 9.17) is 10.5 Å². The van der Waals surface area contributed by atoms with Gasteiger partial charge < -0.3 is 10.5 Å². The molecule has 0 fully saturated rings. The summed E-state index contributed by atoms with van der Waals surface area (Å²) in [5, 5.41) is 2.63. The molecule has 0 aliphatic rings. The molecule has 0 saturated heterocycles. The third kappa shape index (κ3) is 6.17. The van der Waals surface area contributed by atoms with Gasteiger partial charge in [0.25, 0.3) is 0 Å². The molecule has 2 aromatic carbocycles. The minimum atomic E-state index is -0.581. The number of carbonyl (C=O) groups excluding carboxylic acids is 2. The van der Waals surface area contributed by atoms with Gasteiger partial charge in [-0.2, -0.15) is 0 Å². The van der Waals surface area contributed by atoms with Gasteiger partial charge in [0, 0.05) is 11.3 Å². The lowest BCUT2D eigenvalue weighted by Crippen LogP contribution is -2.42. The highest BCUT2D eigenvalue weighted by atomic mass is 35.5. The summed E-state index contributed by atoms with van der Waals surface area (Å²) in [7, 11) is 0. The number of Topliss-reactive ketones (excluding diaryl/α,β-unsaturated/α-hetero) is 1. The monoisotopic (exact) mass is 376 g/mol. The van der Waals surface area contributed by atoms with Crippen LogP contribution in [0.5, 0.6) is 0 Å². The van der Waals surface area contributed by atoms with E-state index in [2.05, 4.69) is 5.32 Å². The van der Waals surface area contributed by atoms with Crippen LogP contribution in [0, 0.1) is 5.41 Å². The van der Waals surface area contributed by atoms with E-state index in [-0.39, 0.29) is 30.2 Å². The predicted octanol–water partition coefficient (Wildman–Crippen LogP) is 4.41. The molecule has 0 aliphatic carbocycles. The van der Waals surface area contributed by atoms with Crippen molar-refractivity contribution in [3.63, 3.8) is 0 Å². The zero-order chi connectivity index (χ0) is 18.4. The first-order valence-electron chi connectivity index (χ1n) is 8.15. The van der Waals surface area contributed by atoms with Crippen LogP contribution in [0.4, 0.5) is 10.5 Å². The van der Waals surface area contributed by atoms with Crippen molar-refractivity contribution in [3.05, 3.63) is 65.7 Å². The van der Waals surface area contributed by atoms with Gasteiger partial charge in [-0.25, -0.2) is 4.79 Å². The Kier molecular flexibility index (Phi) is 7.80. The minimum absolute atomic E-state index is 0. The van der Waals surface area contributed by atoms with Crippen LogP contribution in [0.15, 0.2) is 54.6 Å². The number of carbonyl (C=O) groups is 2. The van der Waals surface area contributed by atoms with Crippen LogP contribution >= 0.6 is 12.4 Å². The van der Waals surface area contributed by atoms with Crippen molar-refractivity contribution in [2.75, 3.05) is 5.32 Å². The van der Waals surface area contributed by atoms with E-state index in [0.717, 1.165) is 5.56 Å². The average Bonchev–Trinajstić information content (AvgIpc) is 2.59. The first kappa shape index (κ1) is 21.7. The highest BCUT2D eigenvalue weighted by Gasteiger charge is 2.28. The van der Waals surface area contributed by atoms with E-state index in [9.17, 15) is 9.59 Å². The molecule has 0 saturated carbocycles. The Hall–Kier alpha value is -2.37. The minimum Gasteiger partial charge on any atom is -0.444 e. The fraction of sp³-hybridized carbons (Fsp3) is 0.300. The van der Waals surface area contributed by atoms with E-state index in [1.807, 2.05) is 51.1 Å². The molecule has 1 atom stereocenters. The second-order valence-electron chi connectivity index (χ2n) is 6.97. The van der Waals surface area contributed by atoms with Crippen molar-refractivity contribution in [2.24, 2.45) is 11.1 Å². The quantitative estimate of drug-likeness (QED) is 0.757. The lowest BCUT2D eigenvalue weighted by molar-refractivity contribution is 0.0901. The molecule has 0 spiro atoms. The topological polar surface area (TPSA) is 81.4 Å². The molecular formula is C20H25ClN2O3.